The minimum Gasteiger partial charge on any atom is -0.309 e. The molecule has 0 saturated carbocycles. The summed E-state index contributed by atoms with van der Waals surface area (Å²) in [5.41, 5.74) is 15.6. The van der Waals surface area contributed by atoms with Crippen molar-refractivity contribution < 1.29 is 0 Å². The molecule has 0 fully saturated rings. The van der Waals surface area contributed by atoms with Crippen molar-refractivity contribution in [1.29, 1.82) is 5.26 Å². The second-order valence-corrected chi connectivity index (χ2v) is 14.4. The van der Waals surface area contributed by atoms with E-state index in [4.69, 9.17) is 15.0 Å². The predicted octanol–water partition coefficient (Wildman–Crippen LogP) is 12.4. The topological polar surface area (TPSA) is 67.4 Å². The van der Waals surface area contributed by atoms with Crippen LogP contribution in [-0.2, 0) is 0 Å². The van der Waals surface area contributed by atoms with E-state index in [1.165, 1.54) is 44.5 Å². The zero-order valence-corrected chi connectivity index (χ0v) is 31.2. The third kappa shape index (κ3) is 6.34. The van der Waals surface area contributed by atoms with Crippen LogP contribution in [0.3, 0.4) is 0 Å². The van der Waals surface area contributed by atoms with Gasteiger partial charge in [-0.05, 0) is 92.4 Å². The molecule has 5 nitrogen and oxygen atoms in total. The van der Waals surface area contributed by atoms with Crippen LogP contribution in [0.5, 0.6) is 0 Å². The molecule has 262 valence electrons. The zero-order chi connectivity index (χ0) is 37.6. The normalized spacial score (nSPS) is 11.3. The van der Waals surface area contributed by atoms with E-state index in [1.54, 1.807) is 0 Å². The van der Waals surface area contributed by atoms with Gasteiger partial charge in [0.1, 0.15) is 0 Å². The highest BCUT2D eigenvalue weighted by molar-refractivity contribution is 6.11. The van der Waals surface area contributed by atoms with Gasteiger partial charge >= 0.3 is 0 Å². The minimum absolute atomic E-state index is 0.445. The molecule has 9 rings (SSSR count). The van der Waals surface area contributed by atoms with E-state index in [0.29, 0.717) is 28.6 Å². The largest absolute Gasteiger partial charge is 0.309 e. The highest BCUT2D eigenvalue weighted by Crippen LogP contribution is 2.39. The van der Waals surface area contributed by atoms with Crippen LogP contribution in [-0.4, -0.2) is 19.5 Å². The first-order valence-corrected chi connectivity index (χ1v) is 18.5. The van der Waals surface area contributed by atoms with Gasteiger partial charge in [0.2, 0.25) is 0 Å². The van der Waals surface area contributed by atoms with Crippen molar-refractivity contribution in [2.24, 2.45) is 0 Å². The van der Waals surface area contributed by atoms with Crippen LogP contribution < -0.4 is 0 Å². The van der Waals surface area contributed by atoms with E-state index in [-0.39, 0.29) is 0 Å². The molecule has 55 heavy (non-hydrogen) atoms. The van der Waals surface area contributed by atoms with Crippen LogP contribution >= 0.6 is 0 Å². The molecule has 0 spiro atoms. The van der Waals surface area contributed by atoms with Crippen molar-refractivity contribution in [3.63, 3.8) is 0 Å². The van der Waals surface area contributed by atoms with Crippen molar-refractivity contribution in [3.05, 3.63) is 179 Å². The monoisotopic (exact) mass is 707 g/mol. The molecule has 2 heterocycles. The van der Waals surface area contributed by atoms with Gasteiger partial charge in [0.05, 0.1) is 22.7 Å². The zero-order valence-electron chi connectivity index (χ0n) is 31.2. The van der Waals surface area contributed by atoms with Gasteiger partial charge in [-0.3, -0.25) is 0 Å². The standard InChI is InChI=1S/C50H37N5/c1-31-21-32(2)24-40(23-31)37-16-19-46-44(27-37)45-28-38(41-25-33(3)22-34(4)26-41)17-20-47(45)55(46)42-18-15-39(30-51)43(29-42)50-53-48(35-11-7-5-8-12-35)52-49(54-50)36-13-9-6-10-14-36/h5-29H,1-4H3. The molecular weight excluding hydrogens is 671 g/mol. The van der Waals surface area contributed by atoms with Gasteiger partial charge in [-0.1, -0.05) is 131 Å². The number of nitrogens with zero attached hydrogens (tertiary/aromatic N) is 5. The van der Waals surface area contributed by atoms with Gasteiger partial charge in [-0.25, -0.2) is 15.0 Å². The van der Waals surface area contributed by atoms with Crippen molar-refractivity contribution in [3.8, 4) is 68.2 Å². The Morgan fingerprint density at radius 2 is 0.873 bits per heavy atom. The van der Waals surface area contributed by atoms with Crippen LogP contribution in [0.25, 0.3) is 83.9 Å². The van der Waals surface area contributed by atoms with E-state index in [0.717, 1.165) is 38.6 Å². The molecule has 0 aliphatic rings. The predicted molar refractivity (Wildman–Crippen MR) is 225 cm³/mol. The maximum absolute atomic E-state index is 10.4. The van der Waals surface area contributed by atoms with Crippen molar-refractivity contribution >= 4 is 21.8 Å². The summed E-state index contributed by atoms with van der Waals surface area (Å²) >= 11 is 0. The highest BCUT2D eigenvalue weighted by Gasteiger charge is 2.19. The molecule has 0 saturated heterocycles. The average molecular weight is 708 g/mol. The van der Waals surface area contributed by atoms with Gasteiger partial charge in [-0.15, -0.1) is 0 Å². The maximum atomic E-state index is 10.4. The summed E-state index contributed by atoms with van der Waals surface area (Å²) in [4.78, 5) is 14.9. The molecule has 0 amide bonds. The number of fused-ring (bicyclic) bond motifs is 3. The molecule has 2 aromatic heterocycles. The summed E-state index contributed by atoms with van der Waals surface area (Å²) < 4.78 is 2.29. The quantitative estimate of drug-likeness (QED) is 0.173. The van der Waals surface area contributed by atoms with Crippen LogP contribution in [0.15, 0.2) is 152 Å². The molecule has 0 N–H and O–H groups in total. The molecular formula is C50H37N5. The molecule has 5 heteroatoms. The van der Waals surface area contributed by atoms with E-state index in [2.05, 4.69) is 111 Å². The molecule has 0 aliphatic carbocycles. The lowest BCUT2D eigenvalue weighted by atomic mass is 9.97. The van der Waals surface area contributed by atoms with Gasteiger partial charge in [0, 0.05) is 33.2 Å². The molecule has 0 atom stereocenters. The summed E-state index contributed by atoms with van der Waals surface area (Å²) in [5.74, 6) is 1.54. The van der Waals surface area contributed by atoms with Gasteiger partial charge in [-0.2, -0.15) is 5.26 Å². The van der Waals surface area contributed by atoms with Gasteiger partial charge < -0.3 is 4.57 Å². The lowest BCUT2D eigenvalue weighted by molar-refractivity contribution is 1.07. The molecule has 9 aromatic rings. The number of aromatic nitrogens is 4. The Hall–Kier alpha value is -7.16. The maximum Gasteiger partial charge on any atom is 0.165 e. The number of hydrogen-bond acceptors (Lipinski definition) is 4. The van der Waals surface area contributed by atoms with Crippen LogP contribution in [0.1, 0.15) is 27.8 Å². The number of rotatable bonds is 6. The second kappa shape index (κ2) is 13.7. The highest BCUT2D eigenvalue weighted by atomic mass is 15.0. The minimum atomic E-state index is 0.445. The SMILES string of the molecule is Cc1cc(C)cc(-c2ccc3c(c2)c2cc(-c4cc(C)cc(C)c4)ccc2n3-c2ccc(C#N)c(-c3nc(-c4ccccc4)nc(-c4ccccc4)n3)c2)c1. The fourth-order valence-electron chi connectivity index (χ4n) is 7.83. The third-order valence-electron chi connectivity index (χ3n) is 10.2. The molecule has 7 aromatic carbocycles. The van der Waals surface area contributed by atoms with Gasteiger partial charge in [0.15, 0.2) is 17.5 Å². The third-order valence-corrected chi connectivity index (χ3v) is 10.2. The van der Waals surface area contributed by atoms with E-state index >= 15 is 0 Å². The van der Waals surface area contributed by atoms with Crippen molar-refractivity contribution in [1.82, 2.24) is 19.5 Å². The Balaban J connectivity index is 1.28. The number of nitriles is 1. The van der Waals surface area contributed by atoms with Crippen molar-refractivity contribution in [2.45, 2.75) is 27.7 Å². The molecule has 0 unspecified atom stereocenters. The van der Waals surface area contributed by atoms with Crippen LogP contribution in [0.2, 0.25) is 0 Å². The molecule has 0 bridgehead atoms. The summed E-state index contributed by atoms with van der Waals surface area (Å²) in [5, 5.41) is 12.8. The summed E-state index contributed by atoms with van der Waals surface area (Å²) in [6.07, 6.45) is 0. The summed E-state index contributed by atoms with van der Waals surface area (Å²) in [6, 6.07) is 55.1. The van der Waals surface area contributed by atoms with Gasteiger partial charge in [0.25, 0.3) is 0 Å². The fraction of sp³-hybridized carbons (Fsp3) is 0.0800. The van der Waals surface area contributed by atoms with E-state index in [1.807, 2.05) is 78.9 Å². The Morgan fingerprint density at radius 1 is 0.418 bits per heavy atom. The Morgan fingerprint density at radius 3 is 1.33 bits per heavy atom. The average Bonchev–Trinajstić information content (AvgIpc) is 3.53. The number of hydrogen-bond donors (Lipinski definition) is 0. The number of aryl methyl sites for hydroxylation is 4. The fourth-order valence-corrected chi connectivity index (χ4v) is 7.83. The lowest BCUT2D eigenvalue weighted by Crippen LogP contribution is -2.02. The van der Waals surface area contributed by atoms with E-state index < -0.39 is 0 Å². The first kappa shape index (κ1) is 33.7. The first-order chi connectivity index (χ1) is 26.8. The first-order valence-electron chi connectivity index (χ1n) is 18.5. The van der Waals surface area contributed by atoms with Crippen molar-refractivity contribution in [2.75, 3.05) is 0 Å². The Bertz CT molecular complexity index is 2760. The smallest absolute Gasteiger partial charge is 0.165 e. The Labute approximate surface area is 320 Å². The van der Waals surface area contributed by atoms with Crippen LogP contribution in [0, 0.1) is 39.0 Å². The molecule has 0 aliphatic heterocycles. The summed E-state index contributed by atoms with van der Waals surface area (Å²) in [7, 11) is 0. The summed E-state index contributed by atoms with van der Waals surface area (Å²) in [6.45, 7) is 8.60. The lowest BCUT2D eigenvalue weighted by Gasteiger charge is -2.13. The number of benzene rings is 7. The molecule has 0 radical (unpaired) electrons. The second-order valence-electron chi connectivity index (χ2n) is 14.4. The van der Waals surface area contributed by atoms with E-state index in [9.17, 15) is 5.26 Å². The Kier molecular flexibility index (Phi) is 8.37. The van der Waals surface area contributed by atoms with Crippen LogP contribution in [0.4, 0.5) is 0 Å².